The summed E-state index contributed by atoms with van der Waals surface area (Å²) in [5.74, 6) is 2.17. The van der Waals surface area contributed by atoms with Gasteiger partial charge in [-0.2, -0.15) is 0 Å². The van der Waals surface area contributed by atoms with Crippen molar-refractivity contribution in [3.63, 3.8) is 0 Å². The first-order valence-electron chi connectivity index (χ1n) is 9.63. The number of piperidine rings is 1. The minimum atomic E-state index is -0.842. The maximum absolute atomic E-state index is 12.4. The predicted octanol–water partition coefficient (Wildman–Crippen LogP) is 2.30. The Balaban J connectivity index is 1.60. The molecule has 27 heavy (non-hydrogen) atoms. The Kier molecular flexibility index (Phi) is 3.69. The summed E-state index contributed by atoms with van der Waals surface area (Å²) in [5.41, 5.74) is 0.549. The molecule has 4 heterocycles. The summed E-state index contributed by atoms with van der Waals surface area (Å²) in [7, 11) is 0. The number of thiophene rings is 1. The first-order chi connectivity index (χ1) is 12.9. The van der Waals surface area contributed by atoms with E-state index in [9.17, 15) is 9.59 Å². The maximum Gasteiger partial charge on any atom is 0.322 e. The van der Waals surface area contributed by atoms with Crippen LogP contribution in [0.3, 0.4) is 0 Å². The molecule has 0 radical (unpaired) electrons. The van der Waals surface area contributed by atoms with Crippen LogP contribution in [0.1, 0.15) is 42.5 Å². The Hall–Kier alpha value is -2.22. The van der Waals surface area contributed by atoms with Crippen LogP contribution in [-0.4, -0.2) is 40.5 Å². The Morgan fingerprint density at radius 1 is 1.30 bits per heavy atom. The lowest BCUT2D eigenvalue weighted by Crippen LogP contribution is -2.58. The standard InChI is InChI=1S/C19H23N5O2S/c1-10-4-5-12-13(8-10)27-16-14(12)15(20-11(2)21-16)24-7-3-6-19(9-24)17(25)22-18(26)23-19/h10H,3-9H2,1-2H3,(H2,22,23,25,26). The zero-order chi connectivity index (χ0) is 18.8. The van der Waals surface area contributed by atoms with Crippen molar-refractivity contribution in [1.29, 1.82) is 0 Å². The molecule has 0 bridgehead atoms. The number of nitrogens with zero attached hydrogens (tertiary/aromatic N) is 3. The number of anilines is 1. The third kappa shape index (κ3) is 2.61. The number of aromatic nitrogens is 2. The van der Waals surface area contributed by atoms with E-state index in [1.807, 2.05) is 6.92 Å². The number of hydrogen-bond donors (Lipinski definition) is 2. The van der Waals surface area contributed by atoms with Crippen molar-refractivity contribution in [3.8, 4) is 0 Å². The van der Waals surface area contributed by atoms with Crippen LogP contribution >= 0.6 is 11.3 Å². The van der Waals surface area contributed by atoms with E-state index in [0.717, 1.165) is 47.7 Å². The van der Waals surface area contributed by atoms with Crippen LogP contribution in [0, 0.1) is 12.8 Å². The highest BCUT2D eigenvalue weighted by molar-refractivity contribution is 7.19. The van der Waals surface area contributed by atoms with Crippen LogP contribution in [0.4, 0.5) is 10.6 Å². The summed E-state index contributed by atoms with van der Waals surface area (Å²) in [6.07, 6.45) is 4.85. The lowest BCUT2D eigenvalue weighted by atomic mass is 9.87. The number of fused-ring (bicyclic) bond motifs is 3. The number of urea groups is 1. The van der Waals surface area contributed by atoms with Crippen LogP contribution in [-0.2, 0) is 17.6 Å². The Morgan fingerprint density at radius 3 is 2.93 bits per heavy atom. The molecule has 2 aromatic rings. The van der Waals surface area contributed by atoms with Crippen molar-refractivity contribution in [2.45, 2.75) is 51.5 Å². The zero-order valence-corrected chi connectivity index (χ0v) is 16.4. The van der Waals surface area contributed by atoms with Crippen molar-refractivity contribution in [2.24, 2.45) is 5.92 Å². The number of carbonyl (C=O) groups excluding carboxylic acids is 2. The molecule has 1 aliphatic carbocycles. The van der Waals surface area contributed by atoms with Crippen molar-refractivity contribution in [1.82, 2.24) is 20.6 Å². The Bertz CT molecular complexity index is 971. The monoisotopic (exact) mass is 385 g/mol. The first-order valence-corrected chi connectivity index (χ1v) is 10.4. The van der Waals surface area contributed by atoms with E-state index in [-0.39, 0.29) is 5.91 Å². The van der Waals surface area contributed by atoms with Crippen molar-refractivity contribution >= 4 is 39.3 Å². The average Bonchev–Trinajstić information content (AvgIpc) is 3.10. The number of carbonyl (C=O) groups is 2. The molecule has 2 aliphatic heterocycles. The van der Waals surface area contributed by atoms with Gasteiger partial charge in [-0.3, -0.25) is 10.1 Å². The SMILES string of the molecule is Cc1nc(N2CCCC3(C2)NC(=O)NC3=O)c2c3c(sc2n1)CC(C)CC3. The number of nitrogens with one attached hydrogen (secondary N) is 2. The first kappa shape index (κ1) is 16.9. The van der Waals surface area contributed by atoms with Crippen LogP contribution in [0.5, 0.6) is 0 Å². The second-order valence-electron chi connectivity index (χ2n) is 8.14. The van der Waals surface area contributed by atoms with Gasteiger partial charge in [-0.05, 0) is 50.5 Å². The molecule has 8 heteroatoms. The highest BCUT2D eigenvalue weighted by Crippen LogP contribution is 2.42. The van der Waals surface area contributed by atoms with Gasteiger partial charge in [0, 0.05) is 11.4 Å². The van der Waals surface area contributed by atoms with E-state index in [1.165, 1.54) is 16.9 Å². The smallest absolute Gasteiger partial charge is 0.322 e. The average molecular weight is 385 g/mol. The van der Waals surface area contributed by atoms with E-state index >= 15 is 0 Å². The largest absolute Gasteiger partial charge is 0.353 e. The third-order valence-corrected chi connectivity index (χ3v) is 7.20. The topological polar surface area (TPSA) is 87.2 Å². The summed E-state index contributed by atoms with van der Waals surface area (Å²) in [4.78, 5) is 38.3. The van der Waals surface area contributed by atoms with Crippen molar-refractivity contribution < 1.29 is 9.59 Å². The van der Waals surface area contributed by atoms with Crippen LogP contribution < -0.4 is 15.5 Å². The summed E-state index contributed by atoms with van der Waals surface area (Å²) in [6, 6.07) is -0.396. The van der Waals surface area contributed by atoms with Gasteiger partial charge < -0.3 is 10.2 Å². The van der Waals surface area contributed by atoms with Gasteiger partial charge in [0.1, 0.15) is 22.0 Å². The fourth-order valence-corrected chi connectivity index (χ4v) is 6.13. The fourth-order valence-electron chi connectivity index (χ4n) is 4.71. The zero-order valence-electron chi connectivity index (χ0n) is 15.6. The molecule has 3 aliphatic rings. The summed E-state index contributed by atoms with van der Waals surface area (Å²) in [5, 5.41) is 6.42. The molecule has 2 N–H and O–H groups in total. The predicted molar refractivity (Wildman–Crippen MR) is 104 cm³/mol. The molecule has 2 fully saturated rings. The summed E-state index contributed by atoms with van der Waals surface area (Å²) in [6.45, 7) is 5.52. The molecule has 0 saturated carbocycles. The normalized spacial score (nSPS) is 27.8. The second-order valence-corrected chi connectivity index (χ2v) is 9.23. The molecule has 5 rings (SSSR count). The van der Waals surface area contributed by atoms with Crippen LogP contribution in [0.25, 0.3) is 10.2 Å². The molecular weight excluding hydrogens is 362 g/mol. The number of imide groups is 1. The van der Waals surface area contributed by atoms with E-state index < -0.39 is 11.6 Å². The number of rotatable bonds is 1. The third-order valence-electron chi connectivity index (χ3n) is 6.05. The molecule has 142 valence electrons. The fraction of sp³-hybridized carbons (Fsp3) is 0.579. The molecule has 2 saturated heterocycles. The quantitative estimate of drug-likeness (QED) is 0.736. The minimum Gasteiger partial charge on any atom is -0.353 e. The van der Waals surface area contributed by atoms with Gasteiger partial charge in [0.05, 0.1) is 11.9 Å². The van der Waals surface area contributed by atoms with Gasteiger partial charge >= 0.3 is 6.03 Å². The molecule has 0 aromatic carbocycles. The lowest BCUT2D eigenvalue weighted by Gasteiger charge is -2.39. The Labute approximate surface area is 161 Å². The van der Waals surface area contributed by atoms with Crippen molar-refractivity contribution in [2.75, 3.05) is 18.0 Å². The number of amides is 3. The lowest BCUT2D eigenvalue weighted by molar-refractivity contribution is -0.124. The molecule has 2 unspecified atom stereocenters. The summed E-state index contributed by atoms with van der Waals surface area (Å²) < 4.78 is 0. The van der Waals surface area contributed by atoms with Gasteiger partial charge in [-0.25, -0.2) is 14.8 Å². The molecule has 3 amide bonds. The van der Waals surface area contributed by atoms with Gasteiger partial charge in [0.15, 0.2) is 0 Å². The van der Waals surface area contributed by atoms with Crippen LogP contribution in [0.2, 0.25) is 0 Å². The molecular formula is C19H23N5O2S. The summed E-state index contributed by atoms with van der Waals surface area (Å²) >= 11 is 1.79. The van der Waals surface area contributed by atoms with E-state index in [4.69, 9.17) is 9.97 Å². The van der Waals surface area contributed by atoms with E-state index in [0.29, 0.717) is 18.9 Å². The molecule has 7 nitrogen and oxygen atoms in total. The molecule has 2 aromatic heterocycles. The number of hydrogen-bond acceptors (Lipinski definition) is 6. The van der Waals surface area contributed by atoms with Gasteiger partial charge in [-0.1, -0.05) is 6.92 Å². The minimum absolute atomic E-state index is 0.222. The second kappa shape index (κ2) is 5.89. The van der Waals surface area contributed by atoms with E-state index in [2.05, 4.69) is 22.5 Å². The van der Waals surface area contributed by atoms with Gasteiger partial charge in [0.2, 0.25) is 0 Å². The van der Waals surface area contributed by atoms with E-state index in [1.54, 1.807) is 11.3 Å². The van der Waals surface area contributed by atoms with Gasteiger partial charge in [0.25, 0.3) is 5.91 Å². The molecule has 2 atom stereocenters. The van der Waals surface area contributed by atoms with Crippen LogP contribution in [0.15, 0.2) is 0 Å². The Morgan fingerprint density at radius 2 is 2.15 bits per heavy atom. The highest BCUT2D eigenvalue weighted by Gasteiger charge is 2.49. The molecule has 1 spiro atoms. The highest BCUT2D eigenvalue weighted by atomic mass is 32.1. The maximum atomic E-state index is 12.4. The number of aryl methyl sites for hydroxylation is 2. The van der Waals surface area contributed by atoms with Crippen molar-refractivity contribution in [3.05, 3.63) is 16.3 Å². The van der Waals surface area contributed by atoms with Gasteiger partial charge in [-0.15, -0.1) is 11.3 Å².